The van der Waals surface area contributed by atoms with Gasteiger partial charge in [0.2, 0.25) is 0 Å². The molecule has 3 rings (SSSR count). The third-order valence-corrected chi connectivity index (χ3v) is 4.75. The van der Waals surface area contributed by atoms with Gasteiger partial charge >= 0.3 is 11.9 Å². The third kappa shape index (κ3) is 2.52. The number of ether oxygens (including phenoxy) is 2. The van der Waals surface area contributed by atoms with Gasteiger partial charge in [-0.05, 0) is 5.56 Å². The Hall–Kier alpha value is -2.95. The van der Waals surface area contributed by atoms with Crippen LogP contribution in [0, 0.1) is 11.3 Å². The van der Waals surface area contributed by atoms with Gasteiger partial charge in [0.15, 0.2) is 11.2 Å². The van der Waals surface area contributed by atoms with Crippen LogP contribution in [0.25, 0.3) is 0 Å². The molecule has 2 aromatic rings. The lowest BCUT2D eigenvalue weighted by Gasteiger charge is -2.13. The van der Waals surface area contributed by atoms with Crippen molar-refractivity contribution in [1.29, 1.82) is 0 Å². The largest absolute Gasteiger partial charge is 0.468 e. The summed E-state index contributed by atoms with van der Waals surface area (Å²) in [5.74, 6) is -3.23. The molecule has 5 heteroatoms. The van der Waals surface area contributed by atoms with Crippen LogP contribution >= 0.6 is 0 Å². The van der Waals surface area contributed by atoms with Crippen molar-refractivity contribution in [2.24, 2.45) is 11.3 Å². The van der Waals surface area contributed by atoms with Gasteiger partial charge in [0.05, 0.1) is 20.1 Å². The molecule has 0 unspecified atom stereocenters. The molecule has 5 nitrogen and oxygen atoms in total. The molecule has 1 fully saturated rings. The molecule has 128 valence electrons. The van der Waals surface area contributed by atoms with E-state index in [4.69, 9.17) is 9.47 Å². The molecule has 1 saturated carbocycles. The van der Waals surface area contributed by atoms with Crippen molar-refractivity contribution in [2.75, 3.05) is 14.2 Å². The topological polar surface area (TPSA) is 69.7 Å². The molecule has 0 amide bonds. The first-order valence-electron chi connectivity index (χ1n) is 7.90. The van der Waals surface area contributed by atoms with Crippen LogP contribution in [0.2, 0.25) is 0 Å². The van der Waals surface area contributed by atoms with E-state index < -0.39 is 29.2 Å². The molecule has 0 bridgehead atoms. The van der Waals surface area contributed by atoms with Gasteiger partial charge in [0.25, 0.3) is 0 Å². The number of rotatable bonds is 5. The quantitative estimate of drug-likeness (QED) is 0.476. The summed E-state index contributed by atoms with van der Waals surface area (Å²) in [6.07, 6.45) is 0. The predicted molar refractivity (Wildman–Crippen MR) is 89.9 cm³/mol. The number of hydrogen-bond donors (Lipinski definition) is 0. The second kappa shape index (κ2) is 6.51. The molecule has 0 heterocycles. The summed E-state index contributed by atoms with van der Waals surface area (Å²) in [7, 11) is 2.41. The van der Waals surface area contributed by atoms with Crippen molar-refractivity contribution < 1.29 is 23.9 Å². The predicted octanol–water partition coefficient (Wildman–Crippen LogP) is 2.62. The van der Waals surface area contributed by atoms with Crippen molar-refractivity contribution in [3.8, 4) is 0 Å². The normalized spacial score (nSPS) is 20.4. The molecular formula is C20H18O5. The molecule has 0 aliphatic heterocycles. The van der Waals surface area contributed by atoms with E-state index in [1.165, 1.54) is 14.2 Å². The van der Waals surface area contributed by atoms with Gasteiger partial charge in [0.1, 0.15) is 0 Å². The van der Waals surface area contributed by atoms with Crippen LogP contribution in [0.1, 0.15) is 21.8 Å². The molecule has 0 radical (unpaired) electrons. The van der Waals surface area contributed by atoms with E-state index in [-0.39, 0.29) is 5.78 Å². The molecule has 25 heavy (non-hydrogen) atoms. The summed E-state index contributed by atoms with van der Waals surface area (Å²) in [4.78, 5) is 38.1. The lowest BCUT2D eigenvalue weighted by Crippen LogP contribution is -2.33. The SMILES string of the molecule is COC(=O)C1(C(=O)OC)[C@H](c2ccccc2)[C@@H]1C(=O)c1ccccc1. The molecule has 2 aromatic carbocycles. The van der Waals surface area contributed by atoms with Gasteiger partial charge in [-0.1, -0.05) is 60.7 Å². The highest BCUT2D eigenvalue weighted by atomic mass is 16.5. The summed E-state index contributed by atoms with van der Waals surface area (Å²) < 4.78 is 9.75. The number of hydrogen-bond acceptors (Lipinski definition) is 5. The highest BCUT2D eigenvalue weighted by Gasteiger charge is 2.79. The third-order valence-electron chi connectivity index (χ3n) is 4.75. The molecule has 0 saturated heterocycles. The molecule has 2 atom stereocenters. The van der Waals surface area contributed by atoms with Crippen molar-refractivity contribution in [1.82, 2.24) is 0 Å². The van der Waals surface area contributed by atoms with Crippen LogP contribution < -0.4 is 0 Å². The van der Waals surface area contributed by atoms with Crippen LogP contribution in [-0.4, -0.2) is 31.9 Å². The first-order chi connectivity index (χ1) is 12.1. The number of ketones is 1. The van der Waals surface area contributed by atoms with Crippen LogP contribution in [0.4, 0.5) is 0 Å². The Morgan fingerprint density at radius 1 is 0.800 bits per heavy atom. The van der Waals surface area contributed by atoms with Gasteiger partial charge in [-0.3, -0.25) is 14.4 Å². The monoisotopic (exact) mass is 338 g/mol. The van der Waals surface area contributed by atoms with Crippen LogP contribution in [0.5, 0.6) is 0 Å². The highest BCUT2D eigenvalue weighted by molar-refractivity contribution is 6.16. The summed E-state index contributed by atoms with van der Waals surface area (Å²) >= 11 is 0. The molecule has 0 spiro atoms. The van der Waals surface area contributed by atoms with Crippen molar-refractivity contribution >= 4 is 17.7 Å². The number of carbonyl (C=O) groups is 3. The average Bonchev–Trinajstić information content (AvgIpc) is 3.38. The molecular weight excluding hydrogens is 320 g/mol. The number of carbonyl (C=O) groups excluding carboxylic acids is 3. The van der Waals surface area contributed by atoms with Gasteiger partial charge < -0.3 is 9.47 Å². The minimum absolute atomic E-state index is 0.273. The number of Topliss-reactive ketones (excluding diaryl/α,β-unsaturated/α-hetero) is 1. The van der Waals surface area contributed by atoms with Gasteiger partial charge in [0, 0.05) is 11.5 Å². The van der Waals surface area contributed by atoms with E-state index in [1.54, 1.807) is 54.6 Å². The summed E-state index contributed by atoms with van der Waals surface area (Å²) in [5.41, 5.74) is -0.465. The van der Waals surface area contributed by atoms with E-state index in [1.807, 2.05) is 6.07 Å². The average molecular weight is 338 g/mol. The Morgan fingerprint density at radius 3 is 1.76 bits per heavy atom. The summed E-state index contributed by atoms with van der Waals surface area (Å²) in [6, 6.07) is 17.6. The molecule has 0 aromatic heterocycles. The van der Waals surface area contributed by atoms with Crippen LogP contribution in [0.3, 0.4) is 0 Å². The minimum atomic E-state index is -1.64. The second-order valence-electron chi connectivity index (χ2n) is 5.95. The number of methoxy groups -OCH3 is 2. The Kier molecular flexibility index (Phi) is 4.40. The molecule has 1 aliphatic carbocycles. The lowest BCUT2D eigenvalue weighted by molar-refractivity contribution is -0.162. The smallest absolute Gasteiger partial charge is 0.324 e. The maximum absolute atomic E-state index is 13.0. The van der Waals surface area contributed by atoms with E-state index in [2.05, 4.69) is 0 Å². The zero-order valence-corrected chi connectivity index (χ0v) is 14.0. The molecule has 1 aliphatic rings. The minimum Gasteiger partial charge on any atom is -0.468 e. The van der Waals surface area contributed by atoms with E-state index in [0.29, 0.717) is 5.56 Å². The summed E-state index contributed by atoms with van der Waals surface area (Å²) in [5, 5.41) is 0. The van der Waals surface area contributed by atoms with E-state index in [0.717, 1.165) is 5.56 Å². The zero-order chi connectivity index (χ0) is 18.0. The maximum Gasteiger partial charge on any atom is 0.324 e. The van der Waals surface area contributed by atoms with Gasteiger partial charge in [-0.2, -0.15) is 0 Å². The van der Waals surface area contributed by atoms with E-state index >= 15 is 0 Å². The van der Waals surface area contributed by atoms with Gasteiger partial charge in [-0.25, -0.2) is 0 Å². The number of esters is 2. The lowest BCUT2D eigenvalue weighted by atomic mass is 9.97. The fourth-order valence-corrected chi connectivity index (χ4v) is 3.57. The Labute approximate surface area is 145 Å². The fourth-order valence-electron chi connectivity index (χ4n) is 3.57. The first-order valence-corrected chi connectivity index (χ1v) is 7.90. The molecule has 0 N–H and O–H groups in total. The Morgan fingerprint density at radius 2 is 1.28 bits per heavy atom. The highest BCUT2D eigenvalue weighted by Crippen LogP contribution is 2.67. The zero-order valence-electron chi connectivity index (χ0n) is 14.0. The van der Waals surface area contributed by atoms with Crippen molar-refractivity contribution in [3.63, 3.8) is 0 Å². The van der Waals surface area contributed by atoms with E-state index in [9.17, 15) is 14.4 Å². The van der Waals surface area contributed by atoms with Crippen molar-refractivity contribution in [3.05, 3.63) is 71.8 Å². The Bertz CT molecular complexity index is 781. The maximum atomic E-state index is 13.0. The van der Waals surface area contributed by atoms with Crippen LogP contribution in [0.15, 0.2) is 60.7 Å². The Balaban J connectivity index is 2.11. The van der Waals surface area contributed by atoms with Crippen molar-refractivity contribution in [2.45, 2.75) is 5.92 Å². The second-order valence-corrected chi connectivity index (χ2v) is 5.95. The van der Waals surface area contributed by atoms with Gasteiger partial charge in [-0.15, -0.1) is 0 Å². The van der Waals surface area contributed by atoms with Crippen LogP contribution in [-0.2, 0) is 19.1 Å². The first kappa shape index (κ1) is 16.9. The number of benzene rings is 2. The standard InChI is InChI=1S/C20H18O5/c1-24-18(22)20(19(23)25-2)15(13-9-5-3-6-10-13)16(20)17(21)14-11-7-4-8-12-14/h3-12,15-16H,1-2H3/t15-,16-/m1/s1. The fraction of sp³-hybridized carbons (Fsp3) is 0.250. The summed E-state index contributed by atoms with van der Waals surface area (Å²) in [6.45, 7) is 0.